The summed E-state index contributed by atoms with van der Waals surface area (Å²) in [6, 6.07) is 12.2. The summed E-state index contributed by atoms with van der Waals surface area (Å²) >= 11 is 13.5. The van der Waals surface area contributed by atoms with Gasteiger partial charge in [0.05, 0.1) is 17.4 Å². The number of rotatable bonds is 7. The summed E-state index contributed by atoms with van der Waals surface area (Å²) in [5.41, 5.74) is 1.31. The number of halogens is 2. The number of amides is 2. The third kappa shape index (κ3) is 6.45. The zero-order valence-electron chi connectivity index (χ0n) is 15.4. The Morgan fingerprint density at radius 3 is 2.41 bits per heavy atom. The zero-order valence-corrected chi connectivity index (χ0v) is 17.7. The molecule has 1 atom stereocenters. The molecule has 0 aromatic heterocycles. The highest BCUT2D eigenvalue weighted by atomic mass is 35.5. The van der Waals surface area contributed by atoms with Gasteiger partial charge in [-0.25, -0.2) is 0 Å². The molecule has 2 N–H and O–H groups in total. The Bertz CT molecular complexity index is 827. The molecule has 2 amide bonds. The van der Waals surface area contributed by atoms with E-state index in [1.54, 1.807) is 30.3 Å². The van der Waals surface area contributed by atoms with Crippen LogP contribution in [0.5, 0.6) is 0 Å². The molecule has 0 fully saturated rings. The van der Waals surface area contributed by atoms with Gasteiger partial charge in [-0.15, -0.1) is 11.8 Å². The van der Waals surface area contributed by atoms with E-state index in [2.05, 4.69) is 10.6 Å². The lowest BCUT2D eigenvalue weighted by atomic mass is 10.1. The molecule has 0 radical (unpaired) electrons. The summed E-state index contributed by atoms with van der Waals surface area (Å²) in [5.74, 6) is -0.0338. The van der Waals surface area contributed by atoms with Crippen molar-refractivity contribution in [2.24, 2.45) is 0 Å². The topological polar surface area (TPSA) is 58.2 Å². The van der Waals surface area contributed by atoms with Gasteiger partial charge in [-0.3, -0.25) is 9.59 Å². The molecule has 2 rings (SSSR count). The molecular weight excluding hydrogens is 403 g/mol. The largest absolute Gasteiger partial charge is 0.353 e. The number of hydrogen-bond donors (Lipinski definition) is 2. The predicted octanol–water partition coefficient (Wildman–Crippen LogP) is 5.10. The fourth-order valence-electron chi connectivity index (χ4n) is 2.49. The monoisotopic (exact) mass is 424 g/mol. The Kier molecular flexibility index (Phi) is 8.02. The quantitative estimate of drug-likeness (QED) is 0.607. The molecule has 27 heavy (non-hydrogen) atoms. The number of benzene rings is 2. The van der Waals surface area contributed by atoms with Crippen LogP contribution >= 0.6 is 35.0 Å². The first-order valence-corrected chi connectivity index (χ1v) is 10.3. The molecule has 0 aliphatic heterocycles. The maximum atomic E-state index is 12.8. The molecule has 0 aliphatic carbocycles. The summed E-state index contributed by atoms with van der Waals surface area (Å²) in [6.45, 7) is 5.68. The highest BCUT2D eigenvalue weighted by molar-refractivity contribution is 8.00. The average Bonchev–Trinajstić information content (AvgIpc) is 2.59. The van der Waals surface area contributed by atoms with E-state index in [0.29, 0.717) is 15.6 Å². The van der Waals surface area contributed by atoms with Crippen LogP contribution in [0.2, 0.25) is 10.0 Å². The highest BCUT2D eigenvalue weighted by Crippen LogP contribution is 2.27. The lowest BCUT2D eigenvalue weighted by molar-refractivity contribution is -0.119. The van der Waals surface area contributed by atoms with Crippen LogP contribution in [0.4, 0.5) is 0 Å². The average molecular weight is 425 g/mol. The van der Waals surface area contributed by atoms with Crippen molar-refractivity contribution in [3.8, 4) is 0 Å². The van der Waals surface area contributed by atoms with E-state index in [-0.39, 0.29) is 29.7 Å². The molecule has 144 valence electrons. The number of carbonyl (C=O) groups is 2. The SMILES string of the molecule is CC(C)NC(=O)CSc1ccccc1C(=O)N[C@H](C)c1ccc(Cl)cc1Cl. The van der Waals surface area contributed by atoms with E-state index in [1.807, 2.05) is 32.9 Å². The van der Waals surface area contributed by atoms with Crippen LogP contribution in [-0.2, 0) is 4.79 Å². The molecule has 0 aliphatic rings. The highest BCUT2D eigenvalue weighted by Gasteiger charge is 2.17. The van der Waals surface area contributed by atoms with Crippen molar-refractivity contribution in [3.05, 3.63) is 63.6 Å². The molecule has 0 heterocycles. The smallest absolute Gasteiger partial charge is 0.252 e. The Morgan fingerprint density at radius 2 is 1.74 bits per heavy atom. The Hall–Kier alpha value is -1.69. The van der Waals surface area contributed by atoms with Gasteiger partial charge in [-0.05, 0) is 50.6 Å². The number of hydrogen-bond acceptors (Lipinski definition) is 3. The van der Waals surface area contributed by atoms with Gasteiger partial charge in [0.15, 0.2) is 0 Å². The predicted molar refractivity (Wildman–Crippen MR) is 113 cm³/mol. The summed E-state index contributed by atoms with van der Waals surface area (Å²) in [6.07, 6.45) is 0. The molecule has 0 saturated carbocycles. The first-order chi connectivity index (χ1) is 12.8. The first kappa shape index (κ1) is 21.6. The number of thioether (sulfide) groups is 1. The summed E-state index contributed by atoms with van der Waals surface area (Å²) < 4.78 is 0. The van der Waals surface area contributed by atoms with Crippen LogP contribution in [0.25, 0.3) is 0 Å². The van der Waals surface area contributed by atoms with Crippen LogP contribution in [0.1, 0.15) is 42.7 Å². The van der Waals surface area contributed by atoms with Crippen molar-refractivity contribution in [1.29, 1.82) is 0 Å². The summed E-state index contributed by atoms with van der Waals surface area (Å²) in [7, 11) is 0. The lowest BCUT2D eigenvalue weighted by Gasteiger charge is -2.17. The second kappa shape index (κ2) is 10.0. The van der Waals surface area contributed by atoms with Crippen molar-refractivity contribution < 1.29 is 9.59 Å². The van der Waals surface area contributed by atoms with E-state index in [1.165, 1.54) is 11.8 Å². The molecule has 2 aromatic carbocycles. The van der Waals surface area contributed by atoms with Gasteiger partial charge in [-0.2, -0.15) is 0 Å². The van der Waals surface area contributed by atoms with Crippen LogP contribution in [-0.4, -0.2) is 23.6 Å². The van der Waals surface area contributed by atoms with Crippen LogP contribution < -0.4 is 10.6 Å². The van der Waals surface area contributed by atoms with Gasteiger partial charge >= 0.3 is 0 Å². The van der Waals surface area contributed by atoms with Gasteiger partial charge in [-0.1, -0.05) is 41.4 Å². The van der Waals surface area contributed by atoms with Gasteiger partial charge in [0.25, 0.3) is 5.91 Å². The number of nitrogens with one attached hydrogen (secondary N) is 2. The second-order valence-electron chi connectivity index (χ2n) is 6.37. The van der Waals surface area contributed by atoms with Crippen LogP contribution in [0, 0.1) is 0 Å². The molecule has 4 nitrogen and oxygen atoms in total. The fourth-order valence-corrected chi connectivity index (χ4v) is 3.92. The summed E-state index contributed by atoms with van der Waals surface area (Å²) in [4.78, 5) is 25.4. The van der Waals surface area contributed by atoms with Gasteiger partial charge in [0.1, 0.15) is 0 Å². The third-order valence-electron chi connectivity index (χ3n) is 3.72. The van der Waals surface area contributed by atoms with Crippen LogP contribution in [0.15, 0.2) is 47.4 Å². The lowest BCUT2D eigenvalue weighted by Crippen LogP contribution is -2.31. The maximum absolute atomic E-state index is 12.8. The van der Waals surface area contributed by atoms with Crippen molar-refractivity contribution in [2.75, 3.05) is 5.75 Å². The Balaban J connectivity index is 2.08. The van der Waals surface area contributed by atoms with Crippen molar-refractivity contribution in [2.45, 2.75) is 37.8 Å². The Labute approximate surface area is 174 Å². The fraction of sp³-hybridized carbons (Fsp3) is 0.300. The Morgan fingerprint density at radius 1 is 1.04 bits per heavy atom. The van der Waals surface area contributed by atoms with Gasteiger partial charge in [0.2, 0.25) is 5.91 Å². The van der Waals surface area contributed by atoms with Crippen molar-refractivity contribution in [3.63, 3.8) is 0 Å². The molecule has 2 aromatic rings. The number of carbonyl (C=O) groups excluding carboxylic acids is 2. The maximum Gasteiger partial charge on any atom is 0.252 e. The van der Waals surface area contributed by atoms with Gasteiger partial charge < -0.3 is 10.6 Å². The zero-order chi connectivity index (χ0) is 20.0. The molecule has 0 bridgehead atoms. The summed E-state index contributed by atoms with van der Waals surface area (Å²) in [5, 5.41) is 6.84. The molecule has 0 saturated heterocycles. The second-order valence-corrected chi connectivity index (χ2v) is 8.23. The normalized spacial score (nSPS) is 11.9. The minimum atomic E-state index is -0.287. The molecule has 0 unspecified atom stereocenters. The van der Waals surface area contributed by atoms with Crippen LogP contribution in [0.3, 0.4) is 0 Å². The molecule has 0 spiro atoms. The van der Waals surface area contributed by atoms with E-state index >= 15 is 0 Å². The van der Waals surface area contributed by atoms with E-state index < -0.39 is 0 Å². The van der Waals surface area contributed by atoms with E-state index in [0.717, 1.165) is 10.5 Å². The first-order valence-electron chi connectivity index (χ1n) is 8.55. The van der Waals surface area contributed by atoms with E-state index in [4.69, 9.17) is 23.2 Å². The standard InChI is InChI=1S/C20H22Cl2N2O2S/c1-12(2)23-19(25)11-27-18-7-5-4-6-16(18)20(26)24-13(3)15-9-8-14(21)10-17(15)22/h4-10,12-13H,11H2,1-3H3,(H,23,25)(H,24,26)/t13-/m1/s1. The van der Waals surface area contributed by atoms with Crippen molar-refractivity contribution >= 4 is 46.8 Å². The van der Waals surface area contributed by atoms with Gasteiger partial charge in [0, 0.05) is 21.0 Å². The minimum absolute atomic E-state index is 0.0634. The van der Waals surface area contributed by atoms with E-state index in [9.17, 15) is 9.59 Å². The third-order valence-corrected chi connectivity index (χ3v) is 5.35. The minimum Gasteiger partial charge on any atom is -0.353 e. The van der Waals surface area contributed by atoms with Crippen molar-refractivity contribution in [1.82, 2.24) is 10.6 Å². The molecular formula is C20H22Cl2N2O2S. The molecule has 7 heteroatoms.